The fourth-order valence-corrected chi connectivity index (χ4v) is 3.66. The Morgan fingerprint density at radius 2 is 1.70 bits per heavy atom. The van der Waals surface area contributed by atoms with Gasteiger partial charge in [0.15, 0.2) is 0 Å². The molecule has 1 fully saturated rings. The highest BCUT2D eigenvalue weighted by Crippen LogP contribution is 2.37. The number of nitro benzene ring substituents is 1. The Labute approximate surface area is 175 Å². The quantitative estimate of drug-likeness (QED) is 0.564. The lowest BCUT2D eigenvalue weighted by atomic mass is 10.0. The summed E-state index contributed by atoms with van der Waals surface area (Å²) in [6, 6.07) is 8.48. The lowest BCUT2D eigenvalue weighted by molar-refractivity contribution is -0.384. The predicted molar refractivity (Wildman–Crippen MR) is 105 cm³/mol. The number of primary amides is 1. The van der Waals surface area contributed by atoms with Crippen LogP contribution in [-0.4, -0.2) is 41.9 Å². The number of benzene rings is 2. The van der Waals surface area contributed by atoms with E-state index in [0.29, 0.717) is 29.7 Å². The first kappa shape index (κ1) is 21.8. The van der Waals surface area contributed by atoms with E-state index >= 15 is 0 Å². The monoisotopic (exact) mass is 442 g/mol. The number of nitrogens with two attached hydrogens (primary N) is 1. The summed E-state index contributed by atoms with van der Waals surface area (Å²) in [6.07, 6.45) is -4.67. The maximum absolute atomic E-state index is 12.9. The van der Waals surface area contributed by atoms with Gasteiger partial charge in [-0.05, 0) is 29.8 Å². The normalized spacial score (nSPS) is 16.3. The summed E-state index contributed by atoms with van der Waals surface area (Å²) >= 11 is 5.89. The van der Waals surface area contributed by atoms with Gasteiger partial charge in [0.2, 0.25) is 5.91 Å². The summed E-state index contributed by atoms with van der Waals surface area (Å²) in [6.45, 7) is 1.25. The standard InChI is InChI=1S/C19H18ClF3N4O3/c20-14-4-1-12(2-5-14)17(18(24)28)26-9-7-25(8-10-26)15-6-3-13(19(21,22)23)11-16(15)27(29)30/h1-6,11,17H,7-10H2,(H2,24,28). The lowest BCUT2D eigenvalue weighted by Gasteiger charge is -2.39. The van der Waals surface area contributed by atoms with Crippen molar-refractivity contribution in [2.45, 2.75) is 12.2 Å². The fraction of sp³-hybridized carbons (Fsp3) is 0.316. The van der Waals surface area contributed by atoms with Crippen molar-refractivity contribution in [1.82, 2.24) is 4.90 Å². The molecule has 2 N–H and O–H groups in total. The fourth-order valence-electron chi connectivity index (χ4n) is 3.53. The van der Waals surface area contributed by atoms with Gasteiger partial charge in [-0.1, -0.05) is 23.7 Å². The van der Waals surface area contributed by atoms with Crippen LogP contribution in [0.25, 0.3) is 0 Å². The molecule has 1 atom stereocenters. The number of nitrogens with zero attached hydrogens (tertiary/aromatic N) is 3. The summed E-state index contributed by atoms with van der Waals surface area (Å²) in [4.78, 5) is 26.0. The molecule has 0 aromatic heterocycles. The molecule has 1 heterocycles. The molecule has 2 aromatic carbocycles. The van der Waals surface area contributed by atoms with Crippen molar-refractivity contribution >= 4 is 28.9 Å². The van der Waals surface area contributed by atoms with Crippen LogP contribution < -0.4 is 10.6 Å². The minimum Gasteiger partial charge on any atom is -0.368 e. The van der Waals surface area contributed by atoms with Crippen LogP contribution in [0.4, 0.5) is 24.5 Å². The molecule has 0 spiro atoms. The SMILES string of the molecule is NC(=O)C(c1ccc(Cl)cc1)N1CCN(c2ccc(C(F)(F)F)cc2[N+](=O)[O-])CC1. The van der Waals surface area contributed by atoms with E-state index < -0.39 is 34.3 Å². The highest BCUT2D eigenvalue weighted by atomic mass is 35.5. The highest BCUT2D eigenvalue weighted by Gasteiger charge is 2.35. The van der Waals surface area contributed by atoms with E-state index in [1.165, 1.54) is 0 Å². The maximum Gasteiger partial charge on any atom is 0.416 e. The van der Waals surface area contributed by atoms with Crippen LogP contribution in [0.1, 0.15) is 17.2 Å². The first-order chi connectivity index (χ1) is 14.1. The van der Waals surface area contributed by atoms with Gasteiger partial charge in [0.25, 0.3) is 5.69 Å². The molecule has 160 valence electrons. The Morgan fingerprint density at radius 3 is 2.20 bits per heavy atom. The van der Waals surface area contributed by atoms with Gasteiger partial charge in [0, 0.05) is 37.3 Å². The van der Waals surface area contributed by atoms with Crippen LogP contribution in [0.5, 0.6) is 0 Å². The van der Waals surface area contributed by atoms with Crippen LogP contribution in [0, 0.1) is 10.1 Å². The van der Waals surface area contributed by atoms with Crippen LogP contribution >= 0.6 is 11.6 Å². The predicted octanol–water partition coefficient (Wildman–Crippen LogP) is 3.62. The van der Waals surface area contributed by atoms with Gasteiger partial charge in [0.1, 0.15) is 11.7 Å². The number of anilines is 1. The molecule has 30 heavy (non-hydrogen) atoms. The molecule has 0 bridgehead atoms. The zero-order chi connectivity index (χ0) is 22.1. The number of alkyl halides is 3. The largest absolute Gasteiger partial charge is 0.416 e. The number of carbonyl (C=O) groups excluding carboxylic acids is 1. The summed E-state index contributed by atoms with van der Waals surface area (Å²) in [7, 11) is 0. The van der Waals surface area contributed by atoms with Crippen molar-refractivity contribution < 1.29 is 22.9 Å². The summed E-state index contributed by atoms with van der Waals surface area (Å²) in [5, 5.41) is 11.9. The summed E-state index contributed by atoms with van der Waals surface area (Å²) in [5.74, 6) is -0.550. The average Bonchev–Trinajstić information content (AvgIpc) is 2.69. The number of hydrogen-bond acceptors (Lipinski definition) is 5. The molecule has 1 amide bonds. The topological polar surface area (TPSA) is 92.7 Å². The van der Waals surface area contributed by atoms with E-state index in [9.17, 15) is 28.1 Å². The van der Waals surface area contributed by atoms with E-state index in [4.69, 9.17) is 17.3 Å². The van der Waals surface area contributed by atoms with Gasteiger partial charge < -0.3 is 10.6 Å². The zero-order valence-electron chi connectivity index (χ0n) is 15.6. The number of amides is 1. The average molecular weight is 443 g/mol. The smallest absolute Gasteiger partial charge is 0.368 e. The molecular weight excluding hydrogens is 425 g/mol. The molecule has 7 nitrogen and oxygen atoms in total. The number of piperazine rings is 1. The van der Waals surface area contributed by atoms with Gasteiger partial charge >= 0.3 is 6.18 Å². The first-order valence-corrected chi connectivity index (χ1v) is 9.35. The zero-order valence-corrected chi connectivity index (χ0v) is 16.4. The molecule has 1 unspecified atom stereocenters. The van der Waals surface area contributed by atoms with Crippen molar-refractivity contribution in [2.75, 3.05) is 31.1 Å². The molecule has 2 aromatic rings. The second-order valence-corrected chi connectivity index (χ2v) is 7.27. The third kappa shape index (κ3) is 4.65. The van der Waals surface area contributed by atoms with Crippen LogP contribution in [0.3, 0.4) is 0 Å². The van der Waals surface area contributed by atoms with Crippen molar-refractivity contribution in [2.24, 2.45) is 5.73 Å². The molecule has 0 radical (unpaired) electrons. The number of nitro groups is 1. The molecular formula is C19H18ClF3N4O3. The molecule has 0 saturated carbocycles. The van der Waals surface area contributed by atoms with Gasteiger partial charge in [-0.25, -0.2) is 0 Å². The molecule has 0 aliphatic carbocycles. The van der Waals surface area contributed by atoms with E-state index in [1.54, 1.807) is 29.2 Å². The van der Waals surface area contributed by atoms with Gasteiger partial charge in [-0.3, -0.25) is 19.8 Å². The summed E-state index contributed by atoms with van der Waals surface area (Å²) in [5.41, 5.74) is 4.67. The van der Waals surface area contributed by atoms with Crippen molar-refractivity contribution in [1.29, 1.82) is 0 Å². The minimum atomic E-state index is -4.67. The Hall–Kier alpha value is -2.85. The Balaban J connectivity index is 1.80. The van der Waals surface area contributed by atoms with E-state index in [2.05, 4.69) is 0 Å². The molecule has 1 aliphatic heterocycles. The maximum atomic E-state index is 12.9. The van der Waals surface area contributed by atoms with Gasteiger partial charge in [-0.15, -0.1) is 0 Å². The second-order valence-electron chi connectivity index (χ2n) is 6.84. The van der Waals surface area contributed by atoms with Crippen LogP contribution in [0.15, 0.2) is 42.5 Å². The van der Waals surface area contributed by atoms with Crippen molar-refractivity contribution in [3.05, 3.63) is 68.7 Å². The summed E-state index contributed by atoms with van der Waals surface area (Å²) < 4.78 is 38.7. The Bertz CT molecular complexity index is 945. The van der Waals surface area contributed by atoms with Crippen LogP contribution in [0.2, 0.25) is 5.02 Å². The third-order valence-electron chi connectivity index (χ3n) is 4.97. The second kappa shape index (κ2) is 8.49. The Morgan fingerprint density at radius 1 is 1.10 bits per heavy atom. The van der Waals surface area contributed by atoms with Crippen LogP contribution in [-0.2, 0) is 11.0 Å². The molecule has 11 heteroatoms. The highest BCUT2D eigenvalue weighted by molar-refractivity contribution is 6.30. The minimum absolute atomic E-state index is 0.106. The van der Waals surface area contributed by atoms with Gasteiger partial charge in [0.05, 0.1) is 10.5 Å². The first-order valence-electron chi connectivity index (χ1n) is 8.97. The number of halogens is 4. The Kier molecular flexibility index (Phi) is 6.18. The van der Waals surface area contributed by atoms with E-state index in [-0.39, 0.29) is 18.8 Å². The number of carbonyl (C=O) groups is 1. The van der Waals surface area contributed by atoms with Crippen molar-refractivity contribution in [3.8, 4) is 0 Å². The number of rotatable bonds is 5. The van der Waals surface area contributed by atoms with Crippen molar-refractivity contribution in [3.63, 3.8) is 0 Å². The number of hydrogen-bond donors (Lipinski definition) is 1. The lowest BCUT2D eigenvalue weighted by Crippen LogP contribution is -2.50. The molecule has 3 rings (SSSR count). The van der Waals surface area contributed by atoms with E-state index in [0.717, 1.165) is 12.1 Å². The molecule has 1 saturated heterocycles. The van der Waals surface area contributed by atoms with E-state index in [1.807, 2.05) is 4.90 Å². The third-order valence-corrected chi connectivity index (χ3v) is 5.23. The van der Waals surface area contributed by atoms with Gasteiger partial charge in [-0.2, -0.15) is 13.2 Å². The molecule has 1 aliphatic rings.